The minimum atomic E-state index is 0.510. The van der Waals surface area contributed by atoms with Gasteiger partial charge in [-0.25, -0.2) is 0 Å². The van der Waals surface area contributed by atoms with Crippen molar-refractivity contribution in [2.75, 3.05) is 13.7 Å². The molecule has 1 heterocycles. The van der Waals surface area contributed by atoms with Crippen molar-refractivity contribution < 1.29 is 13.9 Å². The van der Waals surface area contributed by atoms with Crippen LogP contribution in [0.5, 0.6) is 5.75 Å². The summed E-state index contributed by atoms with van der Waals surface area (Å²) in [5, 5.41) is 3.34. The molecule has 2 rings (SSSR count). The number of hydrogen-bond acceptors (Lipinski definition) is 4. The molecule has 0 saturated carbocycles. The van der Waals surface area contributed by atoms with Gasteiger partial charge in [-0.2, -0.15) is 0 Å². The SMILES string of the molecule is CCCNCc1occc1COc1cccc(COC)c1. The van der Waals surface area contributed by atoms with Gasteiger partial charge in [0.05, 0.1) is 19.4 Å². The second-order valence-corrected chi connectivity index (χ2v) is 4.91. The Kier molecular flexibility index (Phi) is 6.31. The maximum absolute atomic E-state index is 5.84. The van der Waals surface area contributed by atoms with Crippen LogP contribution in [0.1, 0.15) is 30.2 Å². The topological polar surface area (TPSA) is 43.6 Å². The van der Waals surface area contributed by atoms with Crippen LogP contribution in [0.2, 0.25) is 0 Å². The van der Waals surface area contributed by atoms with Gasteiger partial charge in [-0.05, 0) is 36.7 Å². The molecule has 4 heteroatoms. The molecule has 4 nitrogen and oxygen atoms in total. The molecule has 1 aromatic heterocycles. The predicted molar refractivity (Wildman–Crippen MR) is 82.2 cm³/mol. The van der Waals surface area contributed by atoms with Gasteiger partial charge in [0, 0.05) is 12.7 Å². The highest BCUT2D eigenvalue weighted by Crippen LogP contribution is 2.18. The molecular formula is C17H23NO3. The van der Waals surface area contributed by atoms with Gasteiger partial charge in [0.15, 0.2) is 0 Å². The first-order valence-electron chi connectivity index (χ1n) is 7.30. The Bertz CT molecular complexity index is 536. The Morgan fingerprint density at radius 2 is 2.10 bits per heavy atom. The van der Waals surface area contributed by atoms with E-state index in [4.69, 9.17) is 13.9 Å². The van der Waals surface area contributed by atoms with Crippen molar-refractivity contribution in [1.82, 2.24) is 5.32 Å². The number of benzene rings is 1. The van der Waals surface area contributed by atoms with Crippen LogP contribution in [-0.4, -0.2) is 13.7 Å². The van der Waals surface area contributed by atoms with Crippen LogP contribution in [-0.2, 0) is 24.5 Å². The lowest BCUT2D eigenvalue weighted by atomic mass is 10.2. The summed E-state index contributed by atoms with van der Waals surface area (Å²) in [6, 6.07) is 9.91. The average molecular weight is 289 g/mol. The van der Waals surface area contributed by atoms with E-state index in [0.29, 0.717) is 13.2 Å². The van der Waals surface area contributed by atoms with Crippen LogP contribution in [0.4, 0.5) is 0 Å². The maximum atomic E-state index is 5.84. The van der Waals surface area contributed by atoms with Gasteiger partial charge in [0.2, 0.25) is 0 Å². The number of rotatable bonds is 9. The molecule has 0 saturated heterocycles. The second kappa shape index (κ2) is 8.49. The number of nitrogens with one attached hydrogen (secondary N) is 1. The van der Waals surface area contributed by atoms with Gasteiger partial charge in [0.25, 0.3) is 0 Å². The Hall–Kier alpha value is -1.78. The summed E-state index contributed by atoms with van der Waals surface area (Å²) in [5.41, 5.74) is 2.18. The van der Waals surface area contributed by atoms with Crippen LogP contribution in [0, 0.1) is 0 Å². The first-order valence-corrected chi connectivity index (χ1v) is 7.30. The molecule has 1 aromatic carbocycles. The van der Waals surface area contributed by atoms with Crippen molar-refractivity contribution in [3.63, 3.8) is 0 Å². The van der Waals surface area contributed by atoms with Gasteiger partial charge in [-0.3, -0.25) is 0 Å². The number of methoxy groups -OCH3 is 1. The van der Waals surface area contributed by atoms with E-state index >= 15 is 0 Å². The van der Waals surface area contributed by atoms with Gasteiger partial charge < -0.3 is 19.2 Å². The molecule has 0 spiro atoms. The Labute approximate surface area is 126 Å². The zero-order valence-corrected chi connectivity index (χ0v) is 12.7. The summed E-state index contributed by atoms with van der Waals surface area (Å²) in [5.74, 6) is 1.79. The van der Waals surface area contributed by atoms with E-state index in [1.807, 2.05) is 30.3 Å². The molecule has 2 aromatic rings. The molecule has 1 N–H and O–H groups in total. The summed E-state index contributed by atoms with van der Waals surface area (Å²) in [4.78, 5) is 0. The summed E-state index contributed by atoms with van der Waals surface area (Å²) >= 11 is 0. The van der Waals surface area contributed by atoms with E-state index < -0.39 is 0 Å². The van der Waals surface area contributed by atoms with Crippen LogP contribution in [0.15, 0.2) is 41.0 Å². The highest BCUT2D eigenvalue weighted by molar-refractivity contribution is 5.28. The third-order valence-electron chi connectivity index (χ3n) is 3.15. The molecule has 0 aliphatic carbocycles. The van der Waals surface area contributed by atoms with E-state index in [2.05, 4.69) is 12.2 Å². The van der Waals surface area contributed by atoms with Gasteiger partial charge >= 0.3 is 0 Å². The predicted octanol–water partition coefficient (Wildman–Crippen LogP) is 3.50. The molecule has 0 radical (unpaired) electrons. The van der Waals surface area contributed by atoms with Crippen molar-refractivity contribution in [2.24, 2.45) is 0 Å². The van der Waals surface area contributed by atoms with Gasteiger partial charge in [0.1, 0.15) is 18.1 Å². The third-order valence-corrected chi connectivity index (χ3v) is 3.15. The molecule has 21 heavy (non-hydrogen) atoms. The maximum Gasteiger partial charge on any atom is 0.124 e. The number of hydrogen-bond donors (Lipinski definition) is 1. The van der Waals surface area contributed by atoms with E-state index in [0.717, 1.165) is 42.1 Å². The molecule has 114 valence electrons. The molecular weight excluding hydrogens is 266 g/mol. The molecule has 0 aliphatic rings. The standard InChI is InChI=1S/C17H23NO3/c1-3-8-18-11-17-15(7-9-20-17)13-21-16-6-4-5-14(10-16)12-19-2/h4-7,9-10,18H,3,8,11-13H2,1-2H3. The molecule has 0 fully saturated rings. The Morgan fingerprint density at radius 3 is 2.90 bits per heavy atom. The van der Waals surface area contributed by atoms with Crippen molar-refractivity contribution >= 4 is 0 Å². The molecule has 0 atom stereocenters. The molecule has 0 bridgehead atoms. The molecule has 0 amide bonds. The Balaban J connectivity index is 1.90. The van der Waals surface area contributed by atoms with Crippen LogP contribution in [0.25, 0.3) is 0 Å². The van der Waals surface area contributed by atoms with Gasteiger partial charge in [-0.15, -0.1) is 0 Å². The van der Waals surface area contributed by atoms with Crippen LogP contribution >= 0.6 is 0 Å². The molecule has 0 aliphatic heterocycles. The first kappa shape index (κ1) is 15.6. The summed E-state index contributed by atoms with van der Waals surface area (Å²) in [6.45, 7) is 4.97. The normalized spacial score (nSPS) is 10.8. The highest BCUT2D eigenvalue weighted by Gasteiger charge is 2.07. The highest BCUT2D eigenvalue weighted by atomic mass is 16.5. The number of ether oxygens (including phenoxy) is 2. The van der Waals surface area contributed by atoms with Crippen LogP contribution < -0.4 is 10.1 Å². The van der Waals surface area contributed by atoms with Crippen molar-refractivity contribution in [3.05, 3.63) is 53.5 Å². The smallest absolute Gasteiger partial charge is 0.124 e. The minimum Gasteiger partial charge on any atom is -0.489 e. The van der Waals surface area contributed by atoms with E-state index in [-0.39, 0.29) is 0 Å². The molecule has 0 unspecified atom stereocenters. The fourth-order valence-electron chi connectivity index (χ4n) is 2.08. The summed E-state index contributed by atoms with van der Waals surface area (Å²) < 4.78 is 16.5. The van der Waals surface area contributed by atoms with Crippen molar-refractivity contribution in [1.29, 1.82) is 0 Å². The zero-order chi connectivity index (χ0) is 14.9. The van der Waals surface area contributed by atoms with E-state index in [1.54, 1.807) is 13.4 Å². The quantitative estimate of drug-likeness (QED) is 0.717. The largest absolute Gasteiger partial charge is 0.489 e. The summed E-state index contributed by atoms with van der Waals surface area (Å²) in [6.07, 6.45) is 2.82. The average Bonchev–Trinajstić information content (AvgIpc) is 2.94. The van der Waals surface area contributed by atoms with Crippen molar-refractivity contribution in [2.45, 2.75) is 33.1 Å². The lowest BCUT2D eigenvalue weighted by molar-refractivity contribution is 0.184. The minimum absolute atomic E-state index is 0.510. The Morgan fingerprint density at radius 1 is 1.19 bits per heavy atom. The van der Waals surface area contributed by atoms with Gasteiger partial charge in [-0.1, -0.05) is 19.1 Å². The van der Waals surface area contributed by atoms with Crippen molar-refractivity contribution in [3.8, 4) is 5.75 Å². The van der Waals surface area contributed by atoms with Crippen LogP contribution in [0.3, 0.4) is 0 Å². The first-order chi connectivity index (χ1) is 10.3. The lowest BCUT2D eigenvalue weighted by Crippen LogP contribution is -2.14. The summed E-state index contributed by atoms with van der Waals surface area (Å²) in [7, 11) is 1.69. The second-order valence-electron chi connectivity index (χ2n) is 4.91. The fraction of sp³-hybridized carbons (Fsp3) is 0.412. The third kappa shape index (κ3) is 4.92. The fourth-order valence-corrected chi connectivity index (χ4v) is 2.08. The number of furan rings is 1. The van der Waals surface area contributed by atoms with E-state index in [9.17, 15) is 0 Å². The monoisotopic (exact) mass is 289 g/mol. The van der Waals surface area contributed by atoms with E-state index in [1.165, 1.54) is 0 Å². The lowest BCUT2D eigenvalue weighted by Gasteiger charge is -2.08. The zero-order valence-electron chi connectivity index (χ0n) is 12.7.